The molecule has 1 atom stereocenters. The molecule has 0 spiro atoms. The average Bonchev–Trinajstić information content (AvgIpc) is 2.80. The quantitative estimate of drug-likeness (QED) is 0.0923. The first-order valence-corrected chi connectivity index (χ1v) is 12.1. The van der Waals surface area contributed by atoms with Gasteiger partial charge in [-0.1, -0.05) is 43.7 Å². The van der Waals surface area contributed by atoms with E-state index in [1.807, 2.05) is 13.0 Å². The molecule has 0 aliphatic carbocycles. The topological polar surface area (TPSA) is 184 Å². The summed E-state index contributed by atoms with van der Waals surface area (Å²) in [5.41, 5.74) is 10.4. The van der Waals surface area contributed by atoms with E-state index in [1.54, 1.807) is 45.0 Å². The first-order valence-electron chi connectivity index (χ1n) is 12.1. The zero-order valence-corrected chi connectivity index (χ0v) is 21.9. The number of carbonyl (C=O) groups excluding carboxylic acids is 3. The predicted octanol–water partition coefficient (Wildman–Crippen LogP) is 2.21. The summed E-state index contributed by atoms with van der Waals surface area (Å²) in [7, 11) is 0. The summed E-state index contributed by atoms with van der Waals surface area (Å²) in [5.74, 6) is -1.64. The second kappa shape index (κ2) is 15.3. The van der Waals surface area contributed by atoms with Crippen LogP contribution in [0.25, 0.3) is 0 Å². The number of benzene rings is 1. The highest BCUT2D eigenvalue weighted by molar-refractivity contribution is 5.88. The molecule has 206 valence electrons. The number of nitrogens with two attached hydrogens (primary N) is 2. The molecule has 4 N–H and O–H groups in total. The van der Waals surface area contributed by atoms with E-state index >= 15 is 0 Å². The van der Waals surface area contributed by atoms with Gasteiger partial charge < -0.3 is 25.8 Å². The Morgan fingerprint density at radius 3 is 2.32 bits per heavy atom. The van der Waals surface area contributed by atoms with Gasteiger partial charge in [-0.3, -0.25) is 14.6 Å². The number of nitro groups is 1. The number of rotatable bonds is 14. The van der Waals surface area contributed by atoms with Gasteiger partial charge >= 0.3 is 12.1 Å². The summed E-state index contributed by atoms with van der Waals surface area (Å²) in [6.07, 6.45) is -0.0504. The minimum atomic E-state index is -1.56. The van der Waals surface area contributed by atoms with E-state index in [-0.39, 0.29) is 43.5 Å². The third kappa shape index (κ3) is 12.1. The number of hydrogen-bond acceptors (Lipinski definition) is 8. The molecule has 1 rings (SSSR count). The van der Waals surface area contributed by atoms with Gasteiger partial charge in [-0.15, -0.1) is 0 Å². The number of nitrogens with zero attached hydrogens (tertiary/aromatic N) is 4. The van der Waals surface area contributed by atoms with Gasteiger partial charge in [0.25, 0.3) is 5.91 Å². The van der Waals surface area contributed by atoms with Crippen LogP contribution in [0.15, 0.2) is 35.3 Å². The molecule has 0 saturated carbocycles. The van der Waals surface area contributed by atoms with E-state index in [1.165, 1.54) is 4.90 Å². The van der Waals surface area contributed by atoms with Gasteiger partial charge in [0.2, 0.25) is 0 Å². The Hall–Kier alpha value is -3.90. The number of hydrogen-bond donors (Lipinski definition) is 2. The first kappa shape index (κ1) is 31.1. The third-order valence-electron chi connectivity index (χ3n) is 4.92. The van der Waals surface area contributed by atoms with Crippen LogP contribution in [-0.4, -0.2) is 70.1 Å². The summed E-state index contributed by atoms with van der Waals surface area (Å²) < 4.78 is 10.5. The van der Waals surface area contributed by atoms with Crippen LogP contribution < -0.4 is 11.5 Å². The third-order valence-corrected chi connectivity index (χ3v) is 4.92. The summed E-state index contributed by atoms with van der Waals surface area (Å²) >= 11 is 0. The van der Waals surface area contributed by atoms with Crippen molar-refractivity contribution >= 4 is 23.9 Å². The van der Waals surface area contributed by atoms with Crippen LogP contribution in [0.3, 0.4) is 0 Å². The molecule has 0 aromatic heterocycles. The zero-order chi connectivity index (χ0) is 28.0. The highest BCUT2D eigenvalue weighted by Crippen LogP contribution is 2.18. The maximum absolute atomic E-state index is 13.6. The average molecular weight is 523 g/mol. The monoisotopic (exact) mass is 522 g/mol. The van der Waals surface area contributed by atoms with Crippen molar-refractivity contribution in [3.05, 3.63) is 46.0 Å². The molecule has 0 heterocycles. The van der Waals surface area contributed by atoms with Crippen molar-refractivity contribution in [3.8, 4) is 0 Å². The van der Waals surface area contributed by atoms with Crippen LogP contribution in [0.2, 0.25) is 0 Å². The van der Waals surface area contributed by atoms with E-state index in [0.29, 0.717) is 12.8 Å². The van der Waals surface area contributed by atoms with Crippen LogP contribution in [0.5, 0.6) is 0 Å². The van der Waals surface area contributed by atoms with Crippen LogP contribution in [0.4, 0.5) is 4.79 Å². The molecule has 37 heavy (non-hydrogen) atoms. The van der Waals surface area contributed by atoms with Gasteiger partial charge in [0, 0.05) is 13.1 Å². The lowest BCUT2D eigenvalue weighted by molar-refractivity contribution is -0.641. The fourth-order valence-corrected chi connectivity index (χ4v) is 3.23. The fraction of sp³-hybridized carbons (Fsp3) is 0.583. The molecule has 13 nitrogen and oxygen atoms in total. The molecule has 0 saturated heterocycles. The lowest BCUT2D eigenvalue weighted by Crippen LogP contribution is -2.55. The Bertz CT molecular complexity index is 929. The maximum atomic E-state index is 13.6. The number of hydrazine groups is 1. The summed E-state index contributed by atoms with van der Waals surface area (Å²) in [5, 5.41) is 11.1. The number of esters is 1. The molecule has 0 fully saturated rings. The summed E-state index contributed by atoms with van der Waals surface area (Å²) in [4.78, 5) is 55.8. The largest absolute Gasteiger partial charge is 0.469 e. The van der Waals surface area contributed by atoms with Gasteiger partial charge in [-0.25, -0.2) is 14.9 Å². The molecule has 1 aromatic rings. The smallest absolute Gasteiger partial charge is 0.459 e. The lowest BCUT2D eigenvalue weighted by Gasteiger charge is -2.30. The molecular weight excluding hydrogens is 484 g/mol. The second-order valence-corrected chi connectivity index (χ2v) is 9.29. The molecule has 1 aromatic carbocycles. The van der Waals surface area contributed by atoms with Gasteiger partial charge in [-0.2, -0.15) is 0 Å². The molecule has 0 bridgehead atoms. The van der Waals surface area contributed by atoms with Crippen molar-refractivity contribution in [2.24, 2.45) is 16.5 Å². The van der Waals surface area contributed by atoms with Crippen LogP contribution >= 0.6 is 0 Å². The Kier molecular flexibility index (Phi) is 12.8. The van der Waals surface area contributed by atoms with E-state index in [9.17, 15) is 24.5 Å². The Labute approximate surface area is 216 Å². The SMILES string of the molecule is CCCCN(CC(=O)OCc1ccccc1)C(=O)[C@H](CCCN=C(N)N)N(C(=O)OC(C)(C)C)[N+](=O)[O-]. The van der Waals surface area contributed by atoms with E-state index in [2.05, 4.69) is 4.99 Å². The van der Waals surface area contributed by atoms with Gasteiger partial charge in [-0.05, 0) is 50.6 Å². The highest BCUT2D eigenvalue weighted by atomic mass is 16.7. The number of carbonyl (C=O) groups is 3. The number of amides is 2. The number of ether oxygens (including phenoxy) is 2. The Morgan fingerprint density at radius 1 is 1.14 bits per heavy atom. The minimum absolute atomic E-state index is 0.0103. The fourth-order valence-electron chi connectivity index (χ4n) is 3.23. The van der Waals surface area contributed by atoms with Gasteiger partial charge in [0.15, 0.2) is 17.0 Å². The second-order valence-electron chi connectivity index (χ2n) is 9.29. The molecule has 0 unspecified atom stereocenters. The lowest BCUT2D eigenvalue weighted by atomic mass is 10.1. The Balaban J connectivity index is 3.17. The zero-order valence-electron chi connectivity index (χ0n) is 21.9. The normalized spacial score (nSPS) is 11.7. The van der Waals surface area contributed by atoms with Crippen molar-refractivity contribution in [3.63, 3.8) is 0 Å². The van der Waals surface area contributed by atoms with E-state index in [4.69, 9.17) is 20.9 Å². The van der Waals surface area contributed by atoms with Crippen LogP contribution in [0, 0.1) is 10.1 Å². The summed E-state index contributed by atoms with van der Waals surface area (Å²) in [6, 6.07) is 7.45. The van der Waals surface area contributed by atoms with E-state index < -0.39 is 41.2 Å². The van der Waals surface area contributed by atoms with Crippen molar-refractivity contribution in [2.45, 2.75) is 71.6 Å². The Morgan fingerprint density at radius 2 is 1.78 bits per heavy atom. The van der Waals surface area contributed by atoms with Crippen LogP contribution in [-0.2, 0) is 25.7 Å². The van der Waals surface area contributed by atoms with Gasteiger partial charge in [0.05, 0.1) is 0 Å². The summed E-state index contributed by atoms with van der Waals surface area (Å²) in [6.45, 7) is 6.35. The van der Waals surface area contributed by atoms with Crippen molar-refractivity contribution < 1.29 is 28.9 Å². The molecule has 0 radical (unpaired) electrons. The van der Waals surface area contributed by atoms with Crippen molar-refractivity contribution in [1.82, 2.24) is 9.91 Å². The van der Waals surface area contributed by atoms with E-state index in [0.717, 1.165) is 5.56 Å². The highest BCUT2D eigenvalue weighted by Gasteiger charge is 2.43. The van der Waals surface area contributed by atoms with Crippen LogP contribution in [0.1, 0.15) is 58.9 Å². The molecule has 0 aliphatic rings. The van der Waals surface area contributed by atoms with Crippen molar-refractivity contribution in [2.75, 3.05) is 19.6 Å². The standard InChI is InChI=1S/C24H38N6O7/c1-5-6-15-28(16-20(31)36-17-18-11-8-7-9-12-18)21(32)19(13-10-14-27-22(25)26)29(30(34)35)23(33)37-24(2,3)4/h7-9,11-12,19H,5-6,10,13-17H2,1-4H3,(H4,25,26,27)/t19-/m0/s1. The van der Waals surface area contributed by atoms with Gasteiger partial charge in [0.1, 0.15) is 18.8 Å². The maximum Gasteiger partial charge on any atom is 0.469 e. The number of aliphatic imine (C=N–C) groups is 1. The molecule has 13 heteroatoms. The van der Waals surface area contributed by atoms with Crippen molar-refractivity contribution in [1.29, 1.82) is 0 Å². The minimum Gasteiger partial charge on any atom is -0.459 e. The molecular formula is C24H38N6O7. The number of guanidine groups is 1. The molecule has 0 aliphatic heterocycles. The number of unbranched alkanes of at least 4 members (excludes halogenated alkanes) is 1. The molecule has 2 amide bonds. The first-order chi connectivity index (χ1) is 17.4. The predicted molar refractivity (Wildman–Crippen MR) is 136 cm³/mol.